The van der Waals surface area contributed by atoms with E-state index >= 15 is 0 Å². The molecular formula is C22H26N4O3. The van der Waals surface area contributed by atoms with Gasteiger partial charge in [-0.15, -0.1) is 0 Å². The summed E-state index contributed by atoms with van der Waals surface area (Å²) in [4.78, 5) is 23.8. The summed E-state index contributed by atoms with van der Waals surface area (Å²) in [7, 11) is 0. The van der Waals surface area contributed by atoms with Crippen molar-refractivity contribution in [2.45, 2.75) is 33.6 Å². The van der Waals surface area contributed by atoms with Crippen LogP contribution in [0.4, 0.5) is 11.5 Å². The zero-order valence-corrected chi connectivity index (χ0v) is 17.1. The molecule has 3 heterocycles. The highest BCUT2D eigenvalue weighted by Gasteiger charge is 2.28. The molecule has 0 unspecified atom stereocenters. The van der Waals surface area contributed by atoms with Crippen molar-refractivity contribution in [3.05, 3.63) is 41.9 Å². The van der Waals surface area contributed by atoms with Crippen molar-refractivity contribution in [3.63, 3.8) is 0 Å². The maximum absolute atomic E-state index is 12.8. The molecule has 0 saturated carbocycles. The highest BCUT2D eigenvalue weighted by Crippen LogP contribution is 2.33. The van der Waals surface area contributed by atoms with E-state index in [0.717, 1.165) is 54.1 Å². The number of nitrogens with zero attached hydrogens (tertiary/aromatic N) is 3. The Kier molecular flexibility index (Phi) is 5.38. The third kappa shape index (κ3) is 3.77. The molecule has 152 valence electrons. The van der Waals surface area contributed by atoms with Gasteiger partial charge in [0.15, 0.2) is 0 Å². The average Bonchev–Trinajstić information content (AvgIpc) is 3.03. The minimum absolute atomic E-state index is 0.0366. The fourth-order valence-electron chi connectivity index (χ4n) is 3.84. The van der Waals surface area contributed by atoms with E-state index in [1.54, 1.807) is 6.33 Å². The summed E-state index contributed by atoms with van der Waals surface area (Å²) >= 11 is 0. The molecule has 0 atom stereocenters. The van der Waals surface area contributed by atoms with Crippen LogP contribution in [0.25, 0.3) is 11.1 Å². The summed E-state index contributed by atoms with van der Waals surface area (Å²) in [5, 5.41) is 4.01. The van der Waals surface area contributed by atoms with Gasteiger partial charge in [0, 0.05) is 24.6 Å². The Morgan fingerprint density at radius 2 is 2.00 bits per heavy atom. The number of fused-ring (bicyclic) bond motifs is 1. The molecule has 0 spiro atoms. The molecule has 0 bridgehead atoms. The number of carbonyl (C=O) groups excluding carboxylic acids is 1. The first-order chi connectivity index (χ1) is 14.1. The number of para-hydroxylation sites is 2. The minimum atomic E-state index is -0.0366. The smallest absolute Gasteiger partial charge is 0.231 e. The van der Waals surface area contributed by atoms with Crippen LogP contribution in [0.3, 0.4) is 0 Å². The van der Waals surface area contributed by atoms with Crippen LogP contribution in [0.1, 0.15) is 31.1 Å². The summed E-state index contributed by atoms with van der Waals surface area (Å²) in [5.74, 6) is 2.47. The lowest BCUT2D eigenvalue weighted by atomic mass is 9.95. The summed E-state index contributed by atoms with van der Waals surface area (Å²) in [6, 6.07) is 7.55. The first-order valence-corrected chi connectivity index (χ1v) is 10.1. The van der Waals surface area contributed by atoms with E-state index in [0.29, 0.717) is 18.1 Å². The Morgan fingerprint density at radius 3 is 2.76 bits per heavy atom. The summed E-state index contributed by atoms with van der Waals surface area (Å²) < 4.78 is 11.3. The quantitative estimate of drug-likeness (QED) is 0.702. The Balaban J connectivity index is 1.44. The summed E-state index contributed by atoms with van der Waals surface area (Å²) in [6.07, 6.45) is 3.08. The van der Waals surface area contributed by atoms with Crippen LogP contribution in [0.5, 0.6) is 5.75 Å². The van der Waals surface area contributed by atoms with Crippen LogP contribution in [-0.2, 0) is 4.79 Å². The normalized spacial score (nSPS) is 14.9. The molecule has 1 N–H and O–H groups in total. The van der Waals surface area contributed by atoms with E-state index in [9.17, 15) is 4.79 Å². The number of nitrogens with one attached hydrogen (secondary N) is 1. The van der Waals surface area contributed by atoms with Gasteiger partial charge < -0.3 is 19.4 Å². The van der Waals surface area contributed by atoms with Gasteiger partial charge in [0.25, 0.3) is 0 Å². The summed E-state index contributed by atoms with van der Waals surface area (Å²) in [6.45, 7) is 8.00. The number of hydrogen-bond acceptors (Lipinski definition) is 6. The van der Waals surface area contributed by atoms with Crippen LogP contribution in [0.15, 0.2) is 35.0 Å². The number of aryl methyl sites for hydroxylation is 2. The molecule has 4 rings (SSSR count). The highest BCUT2D eigenvalue weighted by molar-refractivity contribution is 5.94. The maximum atomic E-state index is 12.8. The van der Waals surface area contributed by atoms with Crippen molar-refractivity contribution in [3.8, 4) is 5.75 Å². The number of ether oxygens (including phenoxy) is 1. The van der Waals surface area contributed by atoms with Crippen LogP contribution in [0, 0.1) is 19.8 Å². The zero-order valence-electron chi connectivity index (χ0n) is 17.1. The van der Waals surface area contributed by atoms with E-state index in [1.807, 2.05) is 45.0 Å². The molecule has 3 aromatic rings. The van der Waals surface area contributed by atoms with Crippen LogP contribution in [0.2, 0.25) is 0 Å². The molecule has 7 nitrogen and oxygen atoms in total. The standard InChI is InChI=1S/C22H26N4O3/c1-4-28-18-8-6-5-7-17(18)25-21(27)16-9-11-26(12-10-16)20-19-14(2)15(3)29-22(19)24-13-23-20/h5-8,13,16H,4,9-12H2,1-3H3,(H,25,27). The van der Waals surface area contributed by atoms with Crippen LogP contribution < -0.4 is 15.0 Å². The minimum Gasteiger partial charge on any atom is -0.492 e. The van der Waals surface area contributed by atoms with Gasteiger partial charge in [0.2, 0.25) is 11.6 Å². The number of hydrogen-bond donors (Lipinski definition) is 1. The Bertz CT molecular complexity index is 1020. The van der Waals surface area contributed by atoms with Crippen molar-refractivity contribution in [1.29, 1.82) is 0 Å². The molecule has 1 aliphatic rings. The van der Waals surface area contributed by atoms with Gasteiger partial charge >= 0.3 is 0 Å². The van der Waals surface area contributed by atoms with E-state index in [4.69, 9.17) is 9.15 Å². The maximum Gasteiger partial charge on any atom is 0.231 e. The monoisotopic (exact) mass is 394 g/mol. The molecule has 7 heteroatoms. The lowest BCUT2D eigenvalue weighted by Crippen LogP contribution is -2.38. The number of amides is 1. The molecule has 1 fully saturated rings. The molecule has 29 heavy (non-hydrogen) atoms. The number of benzene rings is 1. The van der Waals surface area contributed by atoms with Crippen molar-refractivity contribution >= 4 is 28.5 Å². The number of anilines is 2. The lowest BCUT2D eigenvalue weighted by molar-refractivity contribution is -0.120. The second-order valence-corrected chi connectivity index (χ2v) is 7.34. The van der Waals surface area contributed by atoms with Crippen molar-refractivity contribution in [2.75, 3.05) is 29.9 Å². The molecule has 1 aromatic carbocycles. The van der Waals surface area contributed by atoms with Gasteiger partial charge in [-0.1, -0.05) is 12.1 Å². The Morgan fingerprint density at radius 1 is 1.24 bits per heavy atom. The van der Waals surface area contributed by atoms with Gasteiger partial charge in [-0.05, 0) is 45.7 Å². The fourth-order valence-corrected chi connectivity index (χ4v) is 3.84. The van der Waals surface area contributed by atoms with Crippen molar-refractivity contribution < 1.29 is 13.9 Å². The second kappa shape index (κ2) is 8.11. The van der Waals surface area contributed by atoms with Crippen LogP contribution in [-0.4, -0.2) is 35.6 Å². The Labute approximate surface area is 170 Å². The van der Waals surface area contributed by atoms with E-state index in [1.165, 1.54) is 0 Å². The summed E-state index contributed by atoms with van der Waals surface area (Å²) in [5.41, 5.74) is 2.42. The van der Waals surface area contributed by atoms with Gasteiger partial charge in [-0.3, -0.25) is 4.79 Å². The number of piperidine rings is 1. The Hall–Kier alpha value is -3.09. The van der Waals surface area contributed by atoms with Crippen molar-refractivity contribution in [2.24, 2.45) is 5.92 Å². The van der Waals surface area contributed by atoms with E-state index in [2.05, 4.69) is 20.2 Å². The second-order valence-electron chi connectivity index (χ2n) is 7.34. The molecule has 1 saturated heterocycles. The fraction of sp³-hybridized carbons (Fsp3) is 0.409. The first kappa shape index (κ1) is 19.2. The predicted octanol–water partition coefficient (Wildman–Crippen LogP) is 4.09. The third-order valence-electron chi connectivity index (χ3n) is 5.56. The highest BCUT2D eigenvalue weighted by atomic mass is 16.5. The van der Waals surface area contributed by atoms with E-state index in [-0.39, 0.29) is 11.8 Å². The number of carbonyl (C=O) groups is 1. The molecule has 2 aromatic heterocycles. The topological polar surface area (TPSA) is 80.5 Å². The van der Waals surface area contributed by atoms with Gasteiger partial charge in [-0.2, -0.15) is 0 Å². The molecule has 0 radical (unpaired) electrons. The van der Waals surface area contributed by atoms with Gasteiger partial charge in [-0.25, -0.2) is 9.97 Å². The molecule has 0 aliphatic carbocycles. The molecular weight excluding hydrogens is 368 g/mol. The van der Waals surface area contributed by atoms with Crippen LogP contribution >= 0.6 is 0 Å². The lowest BCUT2D eigenvalue weighted by Gasteiger charge is -2.32. The SMILES string of the molecule is CCOc1ccccc1NC(=O)C1CCN(c2ncnc3oc(C)c(C)c23)CC1. The molecule has 1 amide bonds. The number of aromatic nitrogens is 2. The van der Waals surface area contributed by atoms with Gasteiger partial charge in [0.05, 0.1) is 17.7 Å². The average molecular weight is 394 g/mol. The predicted molar refractivity (Wildman–Crippen MR) is 112 cm³/mol. The van der Waals surface area contributed by atoms with Gasteiger partial charge in [0.1, 0.15) is 23.7 Å². The zero-order chi connectivity index (χ0) is 20.4. The third-order valence-corrected chi connectivity index (χ3v) is 5.56. The first-order valence-electron chi connectivity index (χ1n) is 10.1. The number of furan rings is 1. The number of rotatable bonds is 5. The van der Waals surface area contributed by atoms with E-state index < -0.39 is 0 Å². The molecule has 1 aliphatic heterocycles. The van der Waals surface area contributed by atoms with Crippen molar-refractivity contribution in [1.82, 2.24) is 9.97 Å². The largest absolute Gasteiger partial charge is 0.492 e.